The lowest BCUT2D eigenvalue weighted by molar-refractivity contribution is -0.282. The van der Waals surface area contributed by atoms with Gasteiger partial charge < -0.3 is 0 Å². The molecule has 1 saturated heterocycles. The molecule has 22 heavy (non-hydrogen) atoms. The van der Waals surface area contributed by atoms with Crippen LogP contribution in [0.5, 0.6) is 0 Å². The Labute approximate surface area is 134 Å². The molecule has 0 unspecified atom stereocenters. The second kappa shape index (κ2) is 7.69. The number of hydrogen-bond donors (Lipinski definition) is 0. The minimum absolute atomic E-state index is 0.128. The van der Waals surface area contributed by atoms with E-state index in [0.29, 0.717) is 11.8 Å². The Morgan fingerprint density at radius 2 is 1.68 bits per heavy atom. The van der Waals surface area contributed by atoms with E-state index in [-0.39, 0.29) is 11.3 Å². The van der Waals surface area contributed by atoms with E-state index < -0.39 is 18.5 Å². The van der Waals surface area contributed by atoms with Crippen molar-refractivity contribution >= 4 is 11.8 Å². The van der Waals surface area contributed by atoms with Crippen LogP contribution in [0.3, 0.4) is 0 Å². The summed E-state index contributed by atoms with van der Waals surface area (Å²) in [4.78, 5) is 2.47. The van der Waals surface area contributed by atoms with Gasteiger partial charge in [0, 0.05) is 18.0 Å². The smallest absolute Gasteiger partial charge is 0.296 e. The molecule has 1 aliphatic heterocycles. The average Bonchev–Trinajstić information content (AvgIpc) is 2.80. The van der Waals surface area contributed by atoms with E-state index in [0.717, 1.165) is 25.8 Å². The third-order valence-corrected chi connectivity index (χ3v) is 5.11. The molecule has 0 saturated carbocycles. The van der Waals surface area contributed by atoms with Crippen LogP contribution in [-0.4, -0.2) is 46.6 Å². The molecule has 1 fully saturated rings. The quantitative estimate of drug-likeness (QED) is 0.451. The first-order valence-corrected chi connectivity index (χ1v) is 8.90. The van der Waals surface area contributed by atoms with Crippen molar-refractivity contribution in [2.45, 2.75) is 76.6 Å². The molecular formula is C15H26F5NS. The molecule has 1 heterocycles. The van der Waals surface area contributed by atoms with Crippen molar-refractivity contribution in [2.75, 3.05) is 18.1 Å². The Hall–Kier alpha value is -0.0400. The topological polar surface area (TPSA) is 3.24 Å². The van der Waals surface area contributed by atoms with Crippen LogP contribution in [0.4, 0.5) is 22.0 Å². The van der Waals surface area contributed by atoms with Gasteiger partial charge in [0.15, 0.2) is 0 Å². The molecular weight excluding hydrogens is 321 g/mol. The van der Waals surface area contributed by atoms with Gasteiger partial charge in [-0.1, -0.05) is 0 Å². The van der Waals surface area contributed by atoms with Crippen molar-refractivity contribution in [3.05, 3.63) is 0 Å². The highest BCUT2D eigenvalue weighted by Gasteiger charge is 2.56. The van der Waals surface area contributed by atoms with Crippen LogP contribution in [0.15, 0.2) is 0 Å². The maximum Gasteiger partial charge on any atom is 0.453 e. The molecule has 132 valence electrons. The van der Waals surface area contributed by atoms with Crippen molar-refractivity contribution in [3.8, 4) is 0 Å². The summed E-state index contributed by atoms with van der Waals surface area (Å²) in [5.41, 5.74) is 0.128. The van der Waals surface area contributed by atoms with Gasteiger partial charge in [0.1, 0.15) is 0 Å². The molecule has 0 amide bonds. The monoisotopic (exact) mass is 347 g/mol. The summed E-state index contributed by atoms with van der Waals surface area (Å²) in [6, 6.07) is 0.511. The largest absolute Gasteiger partial charge is 0.453 e. The van der Waals surface area contributed by atoms with Crippen molar-refractivity contribution in [2.24, 2.45) is 0 Å². The first kappa shape index (κ1) is 20.0. The fourth-order valence-corrected chi connectivity index (χ4v) is 3.86. The second-order valence-electron chi connectivity index (χ2n) is 6.87. The van der Waals surface area contributed by atoms with Crippen molar-refractivity contribution in [3.63, 3.8) is 0 Å². The zero-order valence-corrected chi connectivity index (χ0v) is 14.3. The number of alkyl halides is 5. The fourth-order valence-electron chi connectivity index (χ4n) is 2.88. The molecule has 1 nitrogen and oxygen atoms in total. The lowest BCUT2D eigenvalue weighted by Gasteiger charge is -2.37. The number of likely N-dealkylation sites (tertiary alicyclic amines) is 1. The van der Waals surface area contributed by atoms with E-state index in [4.69, 9.17) is 0 Å². The second-order valence-corrected chi connectivity index (χ2v) is 8.09. The molecule has 1 atom stereocenters. The van der Waals surface area contributed by atoms with Gasteiger partial charge >= 0.3 is 12.1 Å². The van der Waals surface area contributed by atoms with Crippen LogP contribution in [-0.2, 0) is 0 Å². The maximum absolute atomic E-state index is 12.7. The highest BCUT2D eigenvalue weighted by molar-refractivity contribution is 7.99. The molecule has 0 spiro atoms. The number of hydrogen-bond acceptors (Lipinski definition) is 2. The van der Waals surface area contributed by atoms with E-state index in [1.807, 2.05) is 0 Å². The van der Waals surface area contributed by atoms with Crippen molar-refractivity contribution in [1.82, 2.24) is 4.90 Å². The van der Waals surface area contributed by atoms with Gasteiger partial charge in [0.2, 0.25) is 0 Å². The summed E-state index contributed by atoms with van der Waals surface area (Å²) in [6.07, 6.45) is -2.39. The predicted molar refractivity (Wildman–Crippen MR) is 81.7 cm³/mol. The van der Waals surface area contributed by atoms with E-state index in [1.54, 1.807) is 0 Å². The predicted octanol–water partition coefficient (Wildman–Crippen LogP) is 5.35. The van der Waals surface area contributed by atoms with Crippen LogP contribution < -0.4 is 0 Å². The van der Waals surface area contributed by atoms with Crippen LogP contribution in [0, 0.1) is 0 Å². The standard InChI is InChI=1S/C15H26F5NS/c1-13(2,3)21-9-4-6-12(21)7-5-10-22-11-8-14(16,17)15(18,19)20/h12H,4-11H2,1-3H3/t12-/m0/s1. The molecule has 0 aromatic rings. The van der Waals surface area contributed by atoms with Gasteiger partial charge in [-0.05, 0) is 64.5 Å². The van der Waals surface area contributed by atoms with E-state index in [1.165, 1.54) is 18.2 Å². The normalized spacial score (nSPS) is 21.5. The Bertz CT molecular complexity index is 338. The van der Waals surface area contributed by atoms with Crippen LogP contribution in [0.25, 0.3) is 0 Å². The maximum atomic E-state index is 12.7. The number of rotatable bonds is 7. The first-order valence-electron chi connectivity index (χ1n) is 7.74. The molecule has 1 aliphatic rings. The van der Waals surface area contributed by atoms with Gasteiger partial charge in [-0.2, -0.15) is 33.7 Å². The number of nitrogens with zero attached hydrogens (tertiary/aromatic N) is 1. The Balaban J connectivity index is 2.19. The van der Waals surface area contributed by atoms with Gasteiger partial charge in [0.25, 0.3) is 0 Å². The summed E-state index contributed by atoms with van der Waals surface area (Å²) < 4.78 is 61.5. The lowest BCUT2D eigenvalue weighted by atomic mass is 10.0. The average molecular weight is 347 g/mol. The third-order valence-electron chi connectivity index (χ3n) is 4.04. The van der Waals surface area contributed by atoms with Gasteiger partial charge in [0.05, 0.1) is 0 Å². The fraction of sp³-hybridized carbons (Fsp3) is 1.00. The molecule has 0 aromatic heterocycles. The highest BCUT2D eigenvalue weighted by atomic mass is 32.2. The van der Waals surface area contributed by atoms with Crippen LogP contribution in [0.1, 0.15) is 52.9 Å². The molecule has 1 rings (SSSR count). The zero-order chi connectivity index (χ0) is 17.0. The molecule has 0 radical (unpaired) electrons. The Morgan fingerprint density at radius 1 is 1.05 bits per heavy atom. The van der Waals surface area contributed by atoms with E-state index >= 15 is 0 Å². The summed E-state index contributed by atoms with van der Waals surface area (Å²) >= 11 is 1.19. The van der Waals surface area contributed by atoms with E-state index in [9.17, 15) is 22.0 Å². The SMILES string of the molecule is CC(C)(C)N1CCC[C@H]1CCCSCCC(F)(F)C(F)(F)F. The van der Waals surface area contributed by atoms with E-state index in [2.05, 4.69) is 25.7 Å². The minimum atomic E-state index is -5.43. The van der Waals surface area contributed by atoms with Crippen molar-refractivity contribution in [1.29, 1.82) is 0 Å². The Kier molecular flexibility index (Phi) is 6.99. The number of thioether (sulfide) groups is 1. The van der Waals surface area contributed by atoms with Crippen LogP contribution >= 0.6 is 11.8 Å². The van der Waals surface area contributed by atoms with Gasteiger partial charge in [-0.25, -0.2) is 0 Å². The molecule has 0 N–H and O–H groups in total. The van der Waals surface area contributed by atoms with Gasteiger partial charge in [-0.3, -0.25) is 4.90 Å². The summed E-state index contributed by atoms with van der Waals surface area (Å²) in [5.74, 6) is -4.07. The summed E-state index contributed by atoms with van der Waals surface area (Å²) in [6.45, 7) is 7.62. The third kappa shape index (κ3) is 5.87. The minimum Gasteiger partial charge on any atom is -0.296 e. The molecule has 7 heteroatoms. The summed E-state index contributed by atoms with van der Waals surface area (Å²) in [7, 11) is 0. The zero-order valence-electron chi connectivity index (χ0n) is 13.5. The van der Waals surface area contributed by atoms with Crippen molar-refractivity contribution < 1.29 is 22.0 Å². The molecule has 0 bridgehead atoms. The first-order chi connectivity index (χ1) is 9.95. The number of halogens is 5. The molecule has 0 aromatic carbocycles. The van der Waals surface area contributed by atoms with Gasteiger partial charge in [-0.15, -0.1) is 0 Å². The van der Waals surface area contributed by atoms with Crippen LogP contribution in [0.2, 0.25) is 0 Å². The molecule has 0 aliphatic carbocycles. The lowest BCUT2D eigenvalue weighted by Crippen LogP contribution is -2.44. The Morgan fingerprint density at radius 3 is 2.23 bits per heavy atom. The highest BCUT2D eigenvalue weighted by Crippen LogP contribution is 2.38. The summed E-state index contributed by atoms with van der Waals surface area (Å²) in [5, 5.41) is 0.